The van der Waals surface area contributed by atoms with Crippen LogP contribution in [0.25, 0.3) is 0 Å². The molecule has 0 saturated heterocycles. The van der Waals surface area contributed by atoms with Crippen LogP contribution in [0.2, 0.25) is 0 Å². The van der Waals surface area contributed by atoms with E-state index in [1.165, 1.54) is 5.56 Å². The number of rotatable bonds is 4. The number of ether oxygens (including phenoxy) is 1. The van der Waals surface area contributed by atoms with Crippen molar-refractivity contribution in [1.29, 1.82) is 0 Å². The lowest BCUT2D eigenvalue weighted by atomic mass is 10.1. The Morgan fingerprint density at radius 3 is 2.23 bits per heavy atom. The normalized spacial score (nSPS) is 13.2. The van der Waals surface area contributed by atoms with Gasteiger partial charge >= 0.3 is 0 Å². The van der Waals surface area contributed by atoms with Crippen LogP contribution < -0.4 is 0 Å². The third kappa shape index (κ3) is 3.60. The molecule has 0 fully saturated rings. The van der Waals surface area contributed by atoms with Gasteiger partial charge in [0.25, 0.3) is 0 Å². The molecule has 1 aromatic carbocycles. The Hall–Kier alpha value is -0.820. The Balaban J connectivity index is 2.35. The van der Waals surface area contributed by atoms with E-state index in [4.69, 9.17) is 4.74 Å². The molecular formula is C12H18O. The summed E-state index contributed by atoms with van der Waals surface area (Å²) < 4.78 is 5.69. The van der Waals surface area contributed by atoms with Gasteiger partial charge in [0.2, 0.25) is 0 Å². The van der Waals surface area contributed by atoms with Gasteiger partial charge in [-0.3, -0.25) is 0 Å². The number of benzene rings is 1. The van der Waals surface area contributed by atoms with Crippen LogP contribution >= 0.6 is 0 Å². The third-order valence-corrected chi connectivity index (χ3v) is 2.29. The maximum Gasteiger partial charge on any atom is 0.0720 e. The molecule has 0 bridgehead atoms. The van der Waals surface area contributed by atoms with E-state index in [2.05, 4.69) is 32.9 Å². The Labute approximate surface area is 80.7 Å². The molecule has 1 aromatic rings. The van der Waals surface area contributed by atoms with E-state index in [1.807, 2.05) is 18.2 Å². The molecule has 0 heterocycles. The van der Waals surface area contributed by atoms with Crippen molar-refractivity contribution in [2.75, 3.05) is 0 Å². The van der Waals surface area contributed by atoms with E-state index in [0.717, 1.165) is 6.61 Å². The summed E-state index contributed by atoms with van der Waals surface area (Å²) in [7, 11) is 0. The second kappa shape index (κ2) is 5.03. The van der Waals surface area contributed by atoms with E-state index in [0.29, 0.717) is 12.0 Å². The van der Waals surface area contributed by atoms with Crippen LogP contribution in [-0.4, -0.2) is 6.10 Å². The average Bonchev–Trinajstić information content (AvgIpc) is 2.15. The minimum absolute atomic E-state index is 0.334. The summed E-state index contributed by atoms with van der Waals surface area (Å²) in [5.41, 5.74) is 1.25. The van der Waals surface area contributed by atoms with Crippen molar-refractivity contribution in [2.24, 2.45) is 5.92 Å². The maximum absolute atomic E-state index is 5.69. The zero-order valence-corrected chi connectivity index (χ0v) is 8.66. The molecule has 0 saturated carbocycles. The van der Waals surface area contributed by atoms with Crippen LogP contribution in [-0.2, 0) is 11.3 Å². The molecule has 0 amide bonds. The summed E-state index contributed by atoms with van der Waals surface area (Å²) >= 11 is 0. The molecule has 1 unspecified atom stereocenters. The Bertz CT molecular complexity index is 228. The summed E-state index contributed by atoms with van der Waals surface area (Å²) in [4.78, 5) is 0. The fourth-order valence-corrected chi connectivity index (χ4v) is 0.994. The molecule has 13 heavy (non-hydrogen) atoms. The van der Waals surface area contributed by atoms with Crippen molar-refractivity contribution in [2.45, 2.75) is 33.5 Å². The lowest BCUT2D eigenvalue weighted by molar-refractivity contribution is 0.0235. The summed E-state index contributed by atoms with van der Waals surface area (Å²) in [5, 5.41) is 0. The fraction of sp³-hybridized carbons (Fsp3) is 0.500. The smallest absolute Gasteiger partial charge is 0.0720 e. The Kier molecular flexibility index (Phi) is 3.97. The first-order valence-corrected chi connectivity index (χ1v) is 4.85. The molecule has 1 heteroatoms. The maximum atomic E-state index is 5.69. The minimum atomic E-state index is 0.334. The SMILES string of the molecule is CC(C)C(C)OCc1ccccc1. The highest BCUT2D eigenvalue weighted by Gasteiger charge is 2.06. The van der Waals surface area contributed by atoms with E-state index in [-0.39, 0.29) is 0 Å². The van der Waals surface area contributed by atoms with E-state index in [9.17, 15) is 0 Å². The van der Waals surface area contributed by atoms with Crippen LogP contribution in [0.5, 0.6) is 0 Å². The monoisotopic (exact) mass is 178 g/mol. The van der Waals surface area contributed by atoms with E-state index in [1.54, 1.807) is 0 Å². The molecule has 0 N–H and O–H groups in total. The van der Waals surface area contributed by atoms with Crippen molar-refractivity contribution in [3.63, 3.8) is 0 Å². The molecule has 0 aliphatic heterocycles. The largest absolute Gasteiger partial charge is 0.374 e. The van der Waals surface area contributed by atoms with Gasteiger partial charge < -0.3 is 4.74 Å². The number of hydrogen-bond acceptors (Lipinski definition) is 1. The van der Waals surface area contributed by atoms with Gasteiger partial charge in [0, 0.05) is 0 Å². The molecule has 72 valence electrons. The first-order chi connectivity index (χ1) is 6.20. The van der Waals surface area contributed by atoms with Crippen LogP contribution in [0.3, 0.4) is 0 Å². The summed E-state index contributed by atoms with van der Waals surface area (Å²) in [6.45, 7) is 7.19. The van der Waals surface area contributed by atoms with Gasteiger partial charge in [0.1, 0.15) is 0 Å². The fourth-order valence-electron chi connectivity index (χ4n) is 0.994. The van der Waals surface area contributed by atoms with Crippen LogP contribution in [0.15, 0.2) is 30.3 Å². The molecule has 1 nitrogen and oxygen atoms in total. The van der Waals surface area contributed by atoms with Crippen molar-refractivity contribution in [1.82, 2.24) is 0 Å². The molecule has 0 aliphatic carbocycles. The van der Waals surface area contributed by atoms with Crippen molar-refractivity contribution in [3.05, 3.63) is 35.9 Å². The van der Waals surface area contributed by atoms with Crippen LogP contribution in [0.4, 0.5) is 0 Å². The van der Waals surface area contributed by atoms with Gasteiger partial charge in [-0.2, -0.15) is 0 Å². The van der Waals surface area contributed by atoms with Gasteiger partial charge in [-0.15, -0.1) is 0 Å². The van der Waals surface area contributed by atoms with Crippen molar-refractivity contribution in [3.8, 4) is 0 Å². The molecule has 0 aromatic heterocycles. The molecule has 0 aliphatic rings. The summed E-state index contributed by atoms with van der Waals surface area (Å²) in [6, 6.07) is 10.3. The topological polar surface area (TPSA) is 9.23 Å². The van der Waals surface area contributed by atoms with E-state index >= 15 is 0 Å². The molecule has 1 atom stereocenters. The highest BCUT2D eigenvalue weighted by molar-refractivity contribution is 5.13. The number of hydrogen-bond donors (Lipinski definition) is 0. The quantitative estimate of drug-likeness (QED) is 0.687. The highest BCUT2D eigenvalue weighted by atomic mass is 16.5. The Morgan fingerprint density at radius 2 is 1.69 bits per heavy atom. The zero-order valence-electron chi connectivity index (χ0n) is 8.66. The standard InChI is InChI=1S/C12H18O/c1-10(2)11(3)13-9-12-7-5-4-6-8-12/h4-8,10-11H,9H2,1-3H3. The van der Waals surface area contributed by atoms with Gasteiger partial charge in [-0.1, -0.05) is 44.2 Å². The third-order valence-electron chi connectivity index (χ3n) is 2.29. The molecular weight excluding hydrogens is 160 g/mol. The van der Waals surface area contributed by atoms with Crippen molar-refractivity contribution >= 4 is 0 Å². The first kappa shape index (κ1) is 10.3. The van der Waals surface area contributed by atoms with Gasteiger partial charge in [0.05, 0.1) is 12.7 Å². The van der Waals surface area contributed by atoms with Gasteiger partial charge in [-0.25, -0.2) is 0 Å². The van der Waals surface area contributed by atoms with Crippen LogP contribution in [0.1, 0.15) is 26.3 Å². The predicted octanol–water partition coefficient (Wildman–Crippen LogP) is 3.25. The lowest BCUT2D eigenvalue weighted by Crippen LogP contribution is -2.14. The summed E-state index contributed by atoms with van der Waals surface area (Å²) in [6.07, 6.45) is 0.334. The second-order valence-corrected chi connectivity index (χ2v) is 3.75. The molecule has 0 spiro atoms. The minimum Gasteiger partial charge on any atom is -0.374 e. The van der Waals surface area contributed by atoms with Crippen molar-refractivity contribution < 1.29 is 4.74 Å². The molecule has 0 radical (unpaired) electrons. The van der Waals surface area contributed by atoms with E-state index < -0.39 is 0 Å². The van der Waals surface area contributed by atoms with Crippen LogP contribution in [0, 0.1) is 5.92 Å². The lowest BCUT2D eigenvalue weighted by Gasteiger charge is -2.16. The van der Waals surface area contributed by atoms with Gasteiger partial charge in [-0.05, 0) is 18.4 Å². The second-order valence-electron chi connectivity index (χ2n) is 3.75. The zero-order chi connectivity index (χ0) is 9.68. The molecule has 1 rings (SSSR count). The Morgan fingerprint density at radius 1 is 1.08 bits per heavy atom. The average molecular weight is 178 g/mol. The highest BCUT2D eigenvalue weighted by Crippen LogP contribution is 2.09. The summed E-state index contributed by atoms with van der Waals surface area (Å²) in [5.74, 6) is 0.587. The van der Waals surface area contributed by atoms with Gasteiger partial charge in [0.15, 0.2) is 0 Å². The first-order valence-electron chi connectivity index (χ1n) is 4.85. The predicted molar refractivity (Wildman–Crippen MR) is 55.5 cm³/mol.